The molecule has 1 heterocycles. The number of nitrogens with zero attached hydrogens (tertiary/aromatic N) is 2. The van der Waals surface area contributed by atoms with E-state index in [0.29, 0.717) is 18.0 Å². The molecule has 1 aromatic carbocycles. The predicted molar refractivity (Wildman–Crippen MR) is 86.5 cm³/mol. The smallest absolute Gasteiger partial charge is 0.414 e. The van der Waals surface area contributed by atoms with Crippen LogP contribution in [0.1, 0.15) is 5.56 Å². The van der Waals surface area contributed by atoms with E-state index in [-0.39, 0.29) is 5.69 Å². The Bertz CT molecular complexity index is 738. The molecule has 0 radical (unpaired) electrons. The third-order valence-electron chi connectivity index (χ3n) is 2.78. The molecule has 0 unspecified atom stereocenters. The van der Waals surface area contributed by atoms with E-state index in [0.717, 1.165) is 5.56 Å². The van der Waals surface area contributed by atoms with Crippen LogP contribution >= 0.6 is 0 Å². The summed E-state index contributed by atoms with van der Waals surface area (Å²) in [6.07, 6.45) is 3.42. The van der Waals surface area contributed by atoms with Crippen LogP contribution in [0, 0.1) is 10.1 Å². The largest absolute Gasteiger partial charge is 0.495 e. The molecule has 2 rings (SSSR count). The summed E-state index contributed by atoms with van der Waals surface area (Å²) in [5.74, 6) is -3.08. The molecule has 0 atom stereocenters. The second kappa shape index (κ2) is 9.45. The maximum atomic E-state index is 10.8. The zero-order valence-corrected chi connectivity index (χ0v) is 13.1. The zero-order chi connectivity index (χ0) is 18.8. The van der Waals surface area contributed by atoms with Gasteiger partial charge in [-0.15, -0.1) is 0 Å². The van der Waals surface area contributed by atoms with E-state index < -0.39 is 16.9 Å². The summed E-state index contributed by atoms with van der Waals surface area (Å²) in [5, 5.41) is 28.6. The van der Waals surface area contributed by atoms with Gasteiger partial charge in [-0.3, -0.25) is 15.1 Å². The van der Waals surface area contributed by atoms with Gasteiger partial charge in [0.2, 0.25) is 0 Å². The highest BCUT2D eigenvalue weighted by atomic mass is 16.6. The average molecular weight is 349 g/mol. The summed E-state index contributed by atoms with van der Waals surface area (Å²) in [5.41, 5.74) is 1.59. The minimum atomic E-state index is -1.82. The van der Waals surface area contributed by atoms with Crippen molar-refractivity contribution in [2.75, 3.05) is 12.4 Å². The zero-order valence-electron chi connectivity index (χ0n) is 13.1. The second-order valence-corrected chi connectivity index (χ2v) is 4.47. The van der Waals surface area contributed by atoms with Gasteiger partial charge in [0.25, 0.3) is 5.69 Å². The van der Waals surface area contributed by atoms with Gasteiger partial charge in [-0.25, -0.2) is 9.59 Å². The predicted octanol–water partition coefficient (Wildman–Crippen LogP) is 1.77. The summed E-state index contributed by atoms with van der Waals surface area (Å²) in [4.78, 5) is 32.5. The number of rotatable bonds is 5. The van der Waals surface area contributed by atoms with Crippen LogP contribution in [0.5, 0.6) is 5.75 Å². The summed E-state index contributed by atoms with van der Waals surface area (Å²) < 4.78 is 5.17. The van der Waals surface area contributed by atoms with E-state index in [4.69, 9.17) is 24.5 Å². The number of non-ortho nitro benzene ring substituents is 1. The van der Waals surface area contributed by atoms with E-state index in [2.05, 4.69) is 10.3 Å². The number of aromatic nitrogens is 1. The van der Waals surface area contributed by atoms with Crippen LogP contribution in [0.15, 0.2) is 42.7 Å². The summed E-state index contributed by atoms with van der Waals surface area (Å²) in [6, 6.07) is 8.19. The fourth-order valence-corrected chi connectivity index (χ4v) is 1.65. The van der Waals surface area contributed by atoms with Crippen molar-refractivity contribution in [2.24, 2.45) is 0 Å². The monoisotopic (exact) mass is 349 g/mol. The molecule has 0 aliphatic rings. The van der Waals surface area contributed by atoms with E-state index >= 15 is 0 Å². The van der Waals surface area contributed by atoms with Gasteiger partial charge < -0.3 is 20.3 Å². The van der Waals surface area contributed by atoms with Crippen LogP contribution in [0.25, 0.3) is 0 Å². The van der Waals surface area contributed by atoms with Gasteiger partial charge in [0.05, 0.1) is 17.7 Å². The number of hydrogen-bond acceptors (Lipinski definition) is 7. The van der Waals surface area contributed by atoms with Crippen LogP contribution in [-0.4, -0.2) is 39.2 Å². The lowest BCUT2D eigenvalue weighted by molar-refractivity contribution is -0.384. The molecule has 0 aliphatic carbocycles. The number of nitro benzene ring substituents is 1. The fourth-order valence-electron chi connectivity index (χ4n) is 1.65. The van der Waals surface area contributed by atoms with Gasteiger partial charge >= 0.3 is 11.9 Å². The van der Waals surface area contributed by atoms with E-state index in [1.807, 2.05) is 12.1 Å². The first-order valence-corrected chi connectivity index (χ1v) is 6.76. The number of carboxylic acid groups (broad SMARTS) is 2. The van der Waals surface area contributed by atoms with Gasteiger partial charge in [0.15, 0.2) is 0 Å². The Morgan fingerprint density at radius 2 is 1.96 bits per heavy atom. The summed E-state index contributed by atoms with van der Waals surface area (Å²) >= 11 is 0. The minimum absolute atomic E-state index is 0.0227. The third kappa shape index (κ3) is 6.52. The lowest BCUT2D eigenvalue weighted by Crippen LogP contribution is -2.09. The number of ether oxygens (including phenoxy) is 1. The molecule has 0 aliphatic heterocycles. The number of methoxy groups -OCH3 is 1. The van der Waals surface area contributed by atoms with Crippen molar-refractivity contribution in [3.63, 3.8) is 0 Å². The van der Waals surface area contributed by atoms with Crippen molar-refractivity contribution in [3.8, 4) is 5.75 Å². The van der Waals surface area contributed by atoms with Gasteiger partial charge in [-0.1, -0.05) is 6.07 Å². The van der Waals surface area contributed by atoms with Crippen molar-refractivity contribution in [3.05, 3.63) is 58.4 Å². The SMILES string of the molecule is COc1ccc([N+](=O)[O-])cc1NCc1cccnc1.O=C(O)C(=O)O. The molecule has 0 spiro atoms. The Labute approximate surface area is 141 Å². The van der Waals surface area contributed by atoms with Gasteiger partial charge in [-0.05, 0) is 17.7 Å². The summed E-state index contributed by atoms with van der Waals surface area (Å²) in [7, 11) is 1.52. The van der Waals surface area contributed by atoms with Crippen LogP contribution in [0.2, 0.25) is 0 Å². The number of nitrogens with one attached hydrogen (secondary N) is 1. The second-order valence-electron chi connectivity index (χ2n) is 4.47. The molecule has 0 bridgehead atoms. The lowest BCUT2D eigenvalue weighted by atomic mass is 10.2. The molecular weight excluding hydrogens is 334 g/mol. The van der Waals surface area contributed by atoms with Gasteiger partial charge in [0, 0.05) is 31.1 Å². The molecule has 0 saturated carbocycles. The highest BCUT2D eigenvalue weighted by molar-refractivity contribution is 6.27. The topological polar surface area (TPSA) is 152 Å². The van der Waals surface area contributed by atoms with Crippen molar-refractivity contribution in [1.29, 1.82) is 0 Å². The number of carboxylic acids is 2. The van der Waals surface area contributed by atoms with Crippen molar-refractivity contribution in [1.82, 2.24) is 4.98 Å². The summed E-state index contributed by atoms with van der Waals surface area (Å²) in [6.45, 7) is 0.519. The van der Waals surface area contributed by atoms with Gasteiger partial charge in [-0.2, -0.15) is 0 Å². The molecular formula is C15H15N3O7. The first-order chi connectivity index (χ1) is 11.8. The molecule has 2 aromatic rings. The number of benzene rings is 1. The van der Waals surface area contributed by atoms with Crippen molar-refractivity contribution in [2.45, 2.75) is 6.54 Å². The number of anilines is 1. The first-order valence-electron chi connectivity index (χ1n) is 6.76. The normalized spacial score (nSPS) is 9.32. The standard InChI is InChI=1S/C13H13N3O3.C2H2O4/c1-19-13-5-4-11(16(17)18)7-12(13)15-9-10-3-2-6-14-8-10;3-1(4)2(5)6/h2-8,15H,9H2,1H3;(H,3,4)(H,5,6). The lowest BCUT2D eigenvalue weighted by Gasteiger charge is -2.10. The quantitative estimate of drug-likeness (QED) is 0.416. The maximum absolute atomic E-state index is 10.8. The Hall–Kier alpha value is -3.69. The molecule has 132 valence electrons. The average Bonchev–Trinajstić information content (AvgIpc) is 2.61. The maximum Gasteiger partial charge on any atom is 0.414 e. The van der Waals surface area contributed by atoms with Gasteiger partial charge in [0.1, 0.15) is 5.75 Å². The minimum Gasteiger partial charge on any atom is -0.495 e. The number of hydrogen-bond donors (Lipinski definition) is 3. The van der Waals surface area contributed by atoms with Crippen molar-refractivity contribution >= 4 is 23.3 Å². The molecule has 10 heteroatoms. The fraction of sp³-hybridized carbons (Fsp3) is 0.133. The van der Waals surface area contributed by atoms with E-state index in [1.54, 1.807) is 18.5 Å². The molecule has 3 N–H and O–H groups in total. The van der Waals surface area contributed by atoms with Crippen LogP contribution < -0.4 is 10.1 Å². The number of aliphatic carboxylic acids is 2. The Morgan fingerprint density at radius 1 is 1.28 bits per heavy atom. The first kappa shape index (κ1) is 19.4. The number of pyridine rings is 1. The van der Waals surface area contributed by atoms with E-state index in [9.17, 15) is 10.1 Å². The van der Waals surface area contributed by atoms with Crippen LogP contribution in [0.3, 0.4) is 0 Å². The highest BCUT2D eigenvalue weighted by Gasteiger charge is 2.11. The molecule has 0 saturated heterocycles. The highest BCUT2D eigenvalue weighted by Crippen LogP contribution is 2.29. The number of carbonyl (C=O) groups is 2. The van der Waals surface area contributed by atoms with Crippen LogP contribution in [0.4, 0.5) is 11.4 Å². The molecule has 10 nitrogen and oxygen atoms in total. The Balaban J connectivity index is 0.000000450. The molecule has 1 aromatic heterocycles. The Kier molecular flexibility index (Phi) is 7.32. The van der Waals surface area contributed by atoms with Crippen molar-refractivity contribution < 1.29 is 29.5 Å². The Morgan fingerprint density at radius 3 is 2.44 bits per heavy atom. The third-order valence-corrected chi connectivity index (χ3v) is 2.78. The van der Waals surface area contributed by atoms with Crippen LogP contribution in [-0.2, 0) is 16.1 Å². The number of nitro groups is 1. The molecule has 0 fully saturated rings. The molecule has 0 amide bonds. The molecule has 25 heavy (non-hydrogen) atoms. The van der Waals surface area contributed by atoms with E-state index in [1.165, 1.54) is 19.2 Å².